The maximum Gasteiger partial charge on any atom is 0.300 e. The van der Waals surface area contributed by atoms with Crippen molar-refractivity contribution in [1.82, 2.24) is 10.3 Å². The number of aromatic nitrogens is 2. The first-order valence-corrected chi connectivity index (χ1v) is 6.15. The highest BCUT2D eigenvalue weighted by Crippen LogP contribution is 2.28. The minimum absolute atomic E-state index is 0.00961. The molecular weight excluding hydrogens is 252 g/mol. The van der Waals surface area contributed by atoms with Crippen LogP contribution in [0, 0.1) is 10.1 Å². The van der Waals surface area contributed by atoms with Crippen molar-refractivity contribution in [2.75, 3.05) is 11.0 Å². The van der Waals surface area contributed by atoms with Crippen LogP contribution in [0.4, 0.5) is 11.4 Å². The van der Waals surface area contributed by atoms with Gasteiger partial charge in [-0.05, 0) is 16.4 Å². The summed E-state index contributed by atoms with van der Waals surface area (Å²) in [6, 6.07) is 2.35. The third-order valence-electron chi connectivity index (χ3n) is 1.89. The number of sulfonamides is 1. The second kappa shape index (κ2) is 3.66. The molecule has 0 bridgehead atoms. The molecular formula is C7H6N4O5S. The normalized spacial score (nSPS) is 11.6. The smallest absolute Gasteiger partial charge is 0.281 e. The van der Waals surface area contributed by atoms with E-state index in [4.69, 9.17) is 0 Å². The van der Waals surface area contributed by atoms with E-state index in [0.717, 1.165) is 12.3 Å². The Morgan fingerprint density at radius 3 is 2.59 bits per heavy atom. The second-order valence-corrected chi connectivity index (χ2v) is 4.97. The third-order valence-corrected chi connectivity index (χ3v) is 2.48. The van der Waals surface area contributed by atoms with Gasteiger partial charge in [-0.15, -0.1) is 0 Å². The van der Waals surface area contributed by atoms with Crippen LogP contribution in [0.5, 0.6) is 0 Å². The standard InChI is InChI=1S/C7H6N4O5S/c1-17(14,15)10-4-2-3-5(11(12)13)7-6(4)8-16-9-7/h2-3,10H,1H3. The van der Waals surface area contributed by atoms with E-state index in [1.807, 2.05) is 0 Å². The number of nitrogens with zero attached hydrogens (tertiary/aromatic N) is 3. The van der Waals surface area contributed by atoms with Gasteiger partial charge in [0.25, 0.3) is 0 Å². The molecule has 0 aliphatic rings. The van der Waals surface area contributed by atoms with E-state index in [1.54, 1.807) is 0 Å². The van der Waals surface area contributed by atoms with Crippen molar-refractivity contribution < 1.29 is 18.0 Å². The second-order valence-electron chi connectivity index (χ2n) is 3.23. The Morgan fingerprint density at radius 2 is 2.00 bits per heavy atom. The predicted molar refractivity (Wildman–Crippen MR) is 56.9 cm³/mol. The van der Waals surface area contributed by atoms with Crippen molar-refractivity contribution in [1.29, 1.82) is 0 Å². The van der Waals surface area contributed by atoms with Gasteiger partial charge in [0.1, 0.15) is 0 Å². The fourth-order valence-electron chi connectivity index (χ4n) is 1.28. The lowest BCUT2D eigenvalue weighted by molar-refractivity contribution is -0.383. The summed E-state index contributed by atoms with van der Waals surface area (Å²) in [5.41, 5.74) is -0.345. The number of nitro groups is 1. The molecule has 1 N–H and O–H groups in total. The molecule has 2 rings (SSSR count). The lowest BCUT2D eigenvalue weighted by Gasteiger charge is -2.02. The fourth-order valence-corrected chi connectivity index (χ4v) is 1.85. The molecule has 0 saturated heterocycles. The maximum absolute atomic E-state index is 11.1. The highest BCUT2D eigenvalue weighted by molar-refractivity contribution is 7.92. The molecule has 90 valence electrons. The summed E-state index contributed by atoms with van der Waals surface area (Å²) in [5.74, 6) is 0. The molecule has 0 aliphatic heterocycles. The molecule has 10 heteroatoms. The zero-order valence-electron chi connectivity index (χ0n) is 8.45. The van der Waals surface area contributed by atoms with Gasteiger partial charge in [-0.3, -0.25) is 14.8 Å². The van der Waals surface area contributed by atoms with Crippen LogP contribution in [0.25, 0.3) is 11.0 Å². The first kappa shape index (κ1) is 11.3. The first-order chi connectivity index (χ1) is 7.88. The van der Waals surface area contributed by atoms with Crippen molar-refractivity contribution in [2.24, 2.45) is 0 Å². The molecule has 0 unspecified atom stereocenters. The van der Waals surface area contributed by atoms with E-state index in [9.17, 15) is 18.5 Å². The quantitative estimate of drug-likeness (QED) is 0.626. The zero-order valence-corrected chi connectivity index (χ0v) is 9.26. The Hall–Kier alpha value is -2.23. The van der Waals surface area contributed by atoms with Crippen LogP contribution in [0.15, 0.2) is 16.8 Å². The minimum atomic E-state index is -3.51. The summed E-state index contributed by atoms with van der Waals surface area (Å²) < 4.78 is 28.7. The van der Waals surface area contributed by atoms with Crippen molar-refractivity contribution in [3.63, 3.8) is 0 Å². The number of nitro benzene ring substituents is 1. The van der Waals surface area contributed by atoms with Crippen molar-refractivity contribution in [2.45, 2.75) is 0 Å². The molecule has 0 atom stereocenters. The molecule has 0 spiro atoms. The number of hydrogen-bond acceptors (Lipinski definition) is 7. The summed E-state index contributed by atoms with van der Waals surface area (Å²) in [6.45, 7) is 0. The van der Waals surface area contributed by atoms with Gasteiger partial charge in [-0.1, -0.05) is 0 Å². The molecule has 1 heterocycles. The Kier molecular flexibility index (Phi) is 2.42. The molecule has 2 aromatic rings. The van der Waals surface area contributed by atoms with Gasteiger partial charge in [0.05, 0.1) is 16.9 Å². The SMILES string of the molecule is CS(=O)(=O)Nc1ccc([N+](=O)[O-])c2nonc12. The van der Waals surface area contributed by atoms with Crippen LogP contribution in [0.1, 0.15) is 0 Å². The number of non-ortho nitro benzene ring substituents is 1. The lowest BCUT2D eigenvalue weighted by Crippen LogP contribution is -2.10. The molecule has 9 nitrogen and oxygen atoms in total. The van der Waals surface area contributed by atoms with Crippen molar-refractivity contribution in [3.05, 3.63) is 22.2 Å². The van der Waals surface area contributed by atoms with Crippen LogP contribution in [0.3, 0.4) is 0 Å². The summed E-state index contributed by atoms with van der Waals surface area (Å²) in [7, 11) is -3.51. The van der Waals surface area contributed by atoms with Crippen LogP contribution in [-0.4, -0.2) is 29.9 Å². The largest absolute Gasteiger partial charge is 0.300 e. The molecule has 0 saturated carbocycles. The summed E-state index contributed by atoms with van der Waals surface area (Å²) in [4.78, 5) is 10.0. The summed E-state index contributed by atoms with van der Waals surface area (Å²) >= 11 is 0. The lowest BCUT2D eigenvalue weighted by atomic mass is 10.2. The van der Waals surface area contributed by atoms with E-state index in [2.05, 4.69) is 19.7 Å². The highest BCUT2D eigenvalue weighted by Gasteiger charge is 2.20. The Labute approximate surface area is 94.6 Å². The van der Waals surface area contributed by atoms with Crippen LogP contribution in [0.2, 0.25) is 0 Å². The number of anilines is 1. The van der Waals surface area contributed by atoms with Crippen LogP contribution in [-0.2, 0) is 10.0 Å². The number of fused-ring (bicyclic) bond motifs is 1. The molecule has 0 aliphatic carbocycles. The van der Waals surface area contributed by atoms with E-state index < -0.39 is 14.9 Å². The third kappa shape index (κ3) is 2.15. The Morgan fingerprint density at radius 1 is 1.35 bits per heavy atom. The van der Waals surface area contributed by atoms with Gasteiger partial charge < -0.3 is 0 Å². The van der Waals surface area contributed by atoms with Gasteiger partial charge in [-0.2, -0.15) is 0 Å². The molecule has 0 radical (unpaired) electrons. The molecule has 0 fully saturated rings. The van der Waals surface area contributed by atoms with E-state index in [0.29, 0.717) is 0 Å². The van der Waals surface area contributed by atoms with E-state index in [1.165, 1.54) is 6.07 Å². The van der Waals surface area contributed by atoms with Gasteiger partial charge >= 0.3 is 5.69 Å². The first-order valence-electron chi connectivity index (χ1n) is 4.26. The highest BCUT2D eigenvalue weighted by atomic mass is 32.2. The minimum Gasteiger partial charge on any atom is -0.281 e. The van der Waals surface area contributed by atoms with Crippen molar-refractivity contribution >= 4 is 32.4 Å². The monoisotopic (exact) mass is 258 g/mol. The van der Waals surface area contributed by atoms with E-state index >= 15 is 0 Å². The Balaban J connectivity index is 2.65. The van der Waals surface area contributed by atoms with Gasteiger partial charge in [0.15, 0.2) is 5.52 Å². The molecule has 0 amide bonds. The number of rotatable bonds is 3. The summed E-state index contributed by atoms with van der Waals surface area (Å²) in [5, 5.41) is 17.5. The molecule has 1 aromatic heterocycles. The van der Waals surface area contributed by atoms with Crippen molar-refractivity contribution in [3.8, 4) is 0 Å². The fraction of sp³-hybridized carbons (Fsp3) is 0.143. The molecule has 17 heavy (non-hydrogen) atoms. The number of nitrogens with one attached hydrogen (secondary N) is 1. The predicted octanol–water partition coefficient (Wildman–Crippen LogP) is 0.502. The number of benzene rings is 1. The topological polar surface area (TPSA) is 128 Å². The van der Waals surface area contributed by atoms with Gasteiger partial charge in [0, 0.05) is 6.07 Å². The average Bonchev–Trinajstić information content (AvgIpc) is 2.63. The van der Waals surface area contributed by atoms with Crippen LogP contribution >= 0.6 is 0 Å². The van der Waals surface area contributed by atoms with Crippen LogP contribution < -0.4 is 4.72 Å². The molecule has 1 aromatic carbocycles. The van der Waals surface area contributed by atoms with E-state index in [-0.39, 0.29) is 22.4 Å². The zero-order chi connectivity index (χ0) is 12.6. The average molecular weight is 258 g/mol. The van der Waals surface area contributed by atoms with Gasteiger partial charge in [-0.25, -0.2) is 13.0 Å². The number of hydrogen-bond donors (Lipinski definition) is 1. The van der Waals surface area contributed by atoms with Gasteiger partial charge in [0.2, 0.25) is 15.5 Å². The summed E-state index contributed by atoms with van der Waals surface area (Å²) in [6.07, 6.45) is 0.952. The Bertz CT molecular complexity index is 691. The maximum atomic E-state index is 11.1.